The van der Waals surface area contributed by atoms with E-state index in [-0.39, 0.29) is 6.61 Å². The summed E-state index contributed by atoms with van der Waals surface area (Å²) in [6.45, 7) is 1.93. The van der Waals surface area contributed by atoms with Crippen LogP contribution in [0.25, 0.3) is 5.69 Å². The van der Waals surface area contributed by atoms with Gasteiger partial charge in [0.05, 0.1) is 5.69 Å². The fourth-order valence-corrected chi connectivity index (χ4v) is 2.34. The Hall–Kier alpha value is -2.34. The van der Waals surface area contributed by atoms with Gasteiger partial charge in [-0.05, 0) is 24.3 Å². The van der Waals surface area contributed by atoms with Gasteiger partial charge in [-0.3, -0.25) is 14.3 Å². The largest absolute Gasteiger partial charge is 0.396 e. The fourth-order valence-electron chi connectivity index (χ4n) is 2.34. The van der Waals surface area contributed by atoms with Gasteiger partial charge in [-0.25, -0.2) is 4.79 Å². The van der Waals surface area contributed by atoms with Crippen molar-refractivity contribution in [3.63, 3.8) is 0 Å². The monoisotopic (exact) mass is 273 g/mol. The number of nitrogens with zero attached hydrogens (tertiary/aromatic N) is 2. The molecule has 1 aliphatic heterocycles. The van der Waals surface area contributed by atoms with Crippen molar-refractivity contribution in [2.75, 3.05) is 24.6 Å². The number of benzene rings is 1. The van der Waals surface area contributed by atoms with E-state index in [2.05, 4.69) is 9.88 Å². The van der Waals surface area contributed by atoms with Crippen molar-refractivity contribution in [1.29, 1.82) is 0 Å². The molecule has 0 spiro atoms. The van der Waals surface area contributed by atoms with Crippen molar-refractivity contribution in [2.45, 2.75) is 0 Å². The summed E-state index contributed by atoms with van der Waals surface area (Å²) in [4.78, 5) is 27.1. The first-order chi connectivity index (χ1) is 9.67. The summed E-state index contributed by atoms with van der Waals surface area (Å²) in [7, 11) is 0. The molecule has 1 fully saturated rings. The first kappa shape index (κ1) is 12.7. The van der Waals surface area contributed by atoms with E-state index in [1.165, 1.54) is 16.8 Å². The molecule has 1 saturated heterocycles. The lowest BCUT2D eigenvalue weighted by molar-refractivity contribution is 0.201. The minimum absolute atomic E-state index is 0.224. The second-order valence-corrected chi connectivity index (χ2v) is 4.95. The summed E-state index contributed by atoms with van der Waals surface area (Å²) >= 11 is 0. The van der Waals surface area contributed by atoms with Crippen LogP contribution in [0.15, 0.2) is 46.1 Å². The van der Waals surface area contributed by atoms with Gasteiger partial charge in [-0.15, -0.1) is 0 Å². The van der Waals surface area contributed by atoms with Gasteiger partial charge in [0, 0.05) is 43.6 Å². The molecule has 1 aromatic heterocycles. The van der Waals surface area contributed by atoms with Gasteiger partial charge < -0.3 is 10.0 Å². The quantitative estimate of drug-likeness (QED) is 0.822. The highest BCUT2D eigenvalue weighted by atomic mass is 16.3. The normalized spacial score (nSPS) is 15.2. The number of anilines is 1. The van der Waals surface area contributed by atoms with Gasteiger partial charge in [-0.1, -0.05) is 0 Å². The predicted molar refractivity (Wildman–Crippen MR) is 75.4 cm³/mol. The Labute approximate surface area is 114 Å². The van der Waals surface area contributed by atoms with Crippen LogP contribution in [0.2, 0.25) is 0 Å². The molecule has 3 rings (SSSR count). The summed E-state index contributed by atoms with van der Waals surface area (Å²) in [5.74, 6) is 0.358. The molecule has 1 aliphatic rings. The van der Waals surface area contributed by atoms with Gasteiger partial charge in [0.25, 0.3) is 5.56 Å². The number of hydrogen-bond donors (Lipinski definition) is 2. The molecule has 2 aromatic rings. The molecule has 0 aliphatic carbocycles. The number of nitrogens with one attached hydrogen (secondary N) is 1. The maximum Gasteiger partial charge on any atom is 0.332 e. The number of aliphatic hydroxyl groups is 1. The lowest BCUT2D eigenvalue weighted by atomic mass is 10.0. The molecular weight excluding hydrogens is 258 g/mol. The first-order valence-electron chi connectivity index (χ1n) is 6.45. The van der Waals surface area contributed by atoms with Crippen LogP contribution < -0.4 is 16.1 Å². The van der Waals surface area contributed by atoms with Gasteiger partial charge >= 0.3 is 5.69 Å². The van der Waals surface area contributed by atoms with E-state index < -0.39 is 11.2 Å². The Morgan fingerprint density at radius 1 is 1.10 bits per heavy atom. The van der Waals surface area contributed by atoms with Crippen LogP contribution in [0.1, 0.15) is 0 Å². The molecule has 2 N–H and O–H groups in total. The Kier molecular flexibility index (Phi) is 3.15. The van der Waals surface area contributed by atoms with E-state index in [4.69, 9.17) is 5.11 Å². The van der Waals surface area contributed by atoms with Crippen molar-refractivity contribution in [3.8, 4) is 5.69 Å². The first-order valence-corrected chi connectivity index (χ1v) is 6.45. The zero-order chi connectivity index (χ0) is 14.1. The lowest BCUT2D eigenvalue weighted by Crippen LogP contribution is -2.48. The smallest absolute Gasteiger partial charge is 0.332 e. The van der Waals surface area contributed by atoms with E-state index >= 15 is 0 Å². The molecule has 104 valence electrons. The average Bonchev–Trinajstić information content (AvgIpc) is 2.39. The van der Waals surface area contributed by atoms with E-state index in [1.807, 2.05) is 24.3 Å². The number of hydrogen-bond acceptors (Lipinski definition) is 4. The van der Waals surface area contributed by atoms with Crippen LogP contribution in [0.3, 0.4) is 0 Å². The summed E-state index contributed by atoms with van der Waals surface area (Å²) in [5, 5.41) is 9.00. The van der Waals surface area contributed by atoms with Crippen LogP contribution in [0, 0.1) is 5.92 Å². The standard InChI is InChI=1S/C14H15N3O3/c18-9-10-7-16(8-10)11-1-3-12(4-2-11)17-6-5-13(19)15-14(17)20/h1-6,10,18H,7-9H2,(H,15,19,20). The predicted octanol–water partition coefficient (Wildman–Crippen LogP) is -0.0457. The zero-order valence-electron chi connectivity index (χ0n) is 10.8. The third-order valence-electron chi connectivity index (χ3n) is 3.53. The SMILES string of the molecule is O=c1ccn(-c2ccc(N3CC(CO)C3)cc2)c(=O)[nH]1. The van der Waals surface area contributed by atoms with E-state index in [0.29, 0.717) is 11.6 Å². The molecule has 0 amide bonds. The number of rotatable bonds is 3. The lowest BCUT2D eigenvalue weighted by Gasteiger charge is -2.40. The molecule has 2 heterocycles. The van der Waals surface area contributed by atoms with Crippen LogP contribution in [0.4, 0.5) is 5.69 Å². The summed E-state index contributed by atoms with van der Waals surface area (Å²) < 4.78 is 1.39. The van der Waals surface area contributed by atoms with Crippen LogP contribution in [0.5, 0.6) is 0 Å². The topological polar surface area (TPSA) is 78.3 Å². The fraction of sp³-hybridized carbons (Fsp3) is 0.286. The third kappa shape index (κ3) is 2.25. The number of aromatic amines is 1. The Morgan fingerprint density at radius 3 is 2.35 bits per heavy atom. The molecule has 6 heteroatoms. The van der Waals surface area contributed by atoms with Gasteiger partial charge in [0.2, 0.25) is 0 Å². The highest BCUT2D eigenvalue weighted by Crippen LogP contribution is 2.24. The van der Waals surface area contributed by atoms with Crippen LogP contribution >= 0.6 is 0 Å². The zero-order valence-corrected chi connectivity index (χ0v) is 10.8. The number of aliphatic hydroxyl groups excluding tert-OH is 1. The van der Waals surface area contributed by atoms with Gasteiger partial charge in [0.15, 0.2) is 0 Å². The molecule has 20 heavy (non-hydrogen) atoms. The van der Waals surface area contributed by atoms with Crippen molar-refractivity contribution in [2.24, 2.45) is 5.92 Å². The molecule has 0 atom stereocenters. The highest BCUT2D eigenvalue weighted by Gasteiger charge is 2.25. The van der Waals surface area contributed by atoms with Crippen LogP contribution in [-0.2, 0) is 0 Å². The van der Waals surface area contributed by atoms with Crippen molar-refractivity contribution in [1.82, 2.24) is 9.55 Å². The van der Waals surface area contributed by atoms with E-state index in [9.17, 15) is 9.59 Å². The van der Waals surface area contributed by atoms with E-state index in [1.54, 1.807) is 0 Å². The van der Waals surface area contributed by atoms with Crippen molar-refractivity contribution < 1.29 is 5.11 Å². The molecule has 0 saturated carbocycles. The van der Waals surface area contributed by atoms with Crippen molar-refractivity contribution in [3.05, 3.63) is 57.4 Å². The number of H-pyrrole nitrogens is 1. The summed E-state index contributed by atoms with van der Waals surface area (Å²) in [5.41, 5.74) is 0.915. The number of aromatic nitrogens is 2. The molecule has 0 unspecified atom stereocenters. The minimum Gasteiger partial charge on any atom is -0.396 e. The summed E-state index contributed by atoms with van der Waals surface area (Å²) in [6, 6.07) is 8.85. The second kappa shape index (κ2) is 4.97. The molecule has 6 nitrogen and oxygen atoms in total. The van der Waals surface area contributed by atoms with Gasteiger partial charge in [0.1, 0.15) is 0 Å². The Morgan fingerprint density at radius 2 is 1.75 bits per heavy atom. The molecular formula is C14H15N3O3. The Bertz CT molecular complexity index is 711. The summed E-state index contributed by atoms with van der Waals surface area (Å²) in [6.07, 6.45) is 1.46. The maximum atomic E-state index is 11.7. The third-order valence-corrected chi connectivity index (χ3v) is 3.53. The molecule has 0 bridgehead atoms. The Balaban J connectivity index is 1.83. The second-order valence-electron chi connectivity index (χ2n) is 4.95. The van der Waals surface area contributed by atoms with Crippen LogP contribution in [-0.4, -0.2) is 34.4 Å². The minimum atomic E-state index is -0.449. The van der Waals surface area contributed by atoms with Gasteiger partial charge in [-0.2, -0.15) is 0 Å². The molecule has 1 aromatic carbocycles. The van der Waals surface area contributed by atoms with E-state index in [0.717, 1.165) is 18.8 Å². The maximum absolute atomic E-state index is 11.7. The highest BCUT2D eigenvalue weighted by molar-refractivity contribution is 5.52. The molecule has 0 radical (unpaired) electrons. The average molecular weight is 273 g/mol. The van der Waals surface area contributed by atoms with Crippen molar-refractivity contribution >= 4 is 5.69 Å².